The van der Waals surface area contributed by atoms with Crippen molar-refractivity contribution >= 4 is 28.9 Å². The molecule has 0 aliphatic heterocycles. The molecule has 20 heavy (non-hydrogen) atoms. The van der Waals surface area contributed by atoms with E-state index >= 15 is 0 Å². The number of thiocarbonyl (C=S) groups is 1. The van der Waals surface area contributed by atoms with Gasteiger partial charge in [-0.1, -0.05) is 12.2 Å². The molecule has 1 aromatic rings. The molecule has 0 aromatic carbocycles. The molecule has 1 heterocycles. The maximum Gasteiger partial charge on any atom is 0.242 e. The second-order valence-corrected chi connectivity index (χ2v) is 4.81. The Bertz CT molecular complexity index is 493. The van der Waals surface area contributed by atoms with Gasteiger partial charge in [-0.15, -0.1) is 0 Å². The van der Waals surface area contributed by atoms with Crippen molar-refractivity contribution in [3.63, 3.8) is 0 Å². The Morgan fingerprint density at radius 1 is 1.60 bits per heavy atom. The minimum absolute atomic E-state index is 0.140. The number of nitrogens with two attached hydrogens (primary N) is 1. The fraction of sp³-hybridized carbons (Fsp3) is 0.462. The van der Waals surface area contributed by atoms with E-state index < -0.39 is 6.04 Å². The zero-order valence-corrected chi connectivity index (χ0v) is 12.7. The first-order valence-electron chi connectivity index (χ1n) is 6.26. The second kappa shape index (κ2) is 7.76. The van der Waals surface area contributed by atoms with Crippen LogP contribution in [-0.4, -0.2) is 42.2 Å². The number of nitrogens with zero attached hydrogens (tertiary/aromatic N) is 1. The summed E-state index contributed by atoms with van der Waals surface area (Å²) in [5.41, 5.74) is 7.28. The van der Waals surface area contributed by atoms with Crippen molar-refractivity contribution in [3.05, 3.63) is 23.4 Å². The van der Waals surface area contributed by atoms with Crippen molar-refractivity contribution < 1.29 is 9.53 Å². The first-order valence-corrected chi connectivity index (χ1v) is 6.66. The van der Waals surface area contributed by atoms with Crippen LogP contribution < -0.4 is 16.4 Å². The summed E-state index contributed by atoms with van der Waals surface area (Å²) in [5, 5.41) is 5.78. The van der Waals surface area contributed by atoms with Crippen LogP contribution in [0.4, 0.5) is 5.82 Å². The summed E-state index contributed by atoms with van der Waals surface area (Å²) in [4.78, 5) is 16.3. The van der Waals surface area contributed by atoms with Gasteiger partial charge < -0.3 is 21.1 Å². The molecule has 1 unspecified atom stereocenters. The number of carbonyl (C=O) groups is 1. The van der Waals surface area contributed by atoms with Gasteiger partial charge in [-0.05, 0) is 25.5 Å². The lowest BCUT2D eigenvalue weighted by molar-refractivity contribution is -0.121. The molecule has 7 heteroatoms. The van der Waals surface area contributed by atoms with Crippen molar-refractivity contribution in [2.24, 2.45) is 5.73 Å². The number of aryl methyl sites for hydroxylation is 1. The van der Waals surface area contributed by atoms with Gasteiger partial charge in [0.05, 0.1) is 12.2 Å². The maximum absolute atomic E-state index is 11.9. The van der Waals surface area contributed by atoms with Gasteiger partial charge in [0, 0.05) is 19.9 Å². The van der Waals surface area contributed by atoms with Crippen molar-refractivity contribution in [1.82, 2.24) is 10.3 Å². The van der Waals surface area contributed by atoms with Crippen LogP contribution in [0.2, 0.25) is 0 Å². The third-order valence-corrected chi connectivity index (χ3v) is 2.96. The van der Waals surface area contributed by atoms with E-state index in [-0.39, 0.29) is 10.9 Å². The van der Waals surface area contributed by atoms with E-state index in [9.17, 15) is 4.79 Å². The number of anilines is 1. The standard InChI is InChI=1S/C13H20N4O2S/c1-8-4-5-15-12(10(8)11(14)20)17-9(2)13(18)16-6-7-19-3/h4-5,9H,6-7H2,1-3H3,(H2,14,20)(H,15,17)(H,16,18). The first-order chi connectivity index (χ1) is 9.47. The summed E-state index contributed by atoms with van der Waals surface area (Å²) < 4.78 is 4.88. The Labute approximate surface area is 124 Å². The normalized spacial score (nSPS) is 11.8. The summed E-state index contributed by atoms with van der Waals surface area (Å²) in [6.07, 6.45) is 1.65. The second-order valence-electron chi connectivity index (χ2n) is 4.37. The summed E-state index contributed by atoms with van der Waals surface area (Å²) in [6, 6.07) is 1.37. The first kappa shape index (κ1) is 16.3. The van der Waals surface area contributed by atoms with Crippen molar-refractivity contribution in [1.29, 1.82) is 0 Å². The SMILES string of the molecule is COCCNC(=O)C(C)Nc1nccc(C)c1C(N)=S. The number of ether oxygens (including phenoxy) is 1. The highest BCUT2D eigenvalue weighted by Gasteiger charge is 2.16. The highest BCUT2D eigenvalue weighted by atomic mass is 32.1. The molecule has 0 saturated heterocycles. The van der Waals surface area contributed by atoms with Crippen LogP contribution >= 0.6 is 12.2 Å². The smallest absolute Gasteiger partial charge is 0.242 e. The minimum atomic E-state index is -0.450. The number of pyridine rings is 1. The molecule has 4 N–H and O–H groups in total. The molecule has 0 bridgehead atoms. The summed E-state index contributed by atoms with van der Waals surface area (Å²) in [5.74, 6) is 0.381. The molecule has 110 valence electrons. The molecule has 0 aliphatic carbocycles. The topological polar surface area (TPSA) is 89.3 Å². The number of methoxy groups -OCH3 is 1. The Kier molecular flexibility index (Phi) is 6.33. The number of aromatic nitrogens is 1. The molecular formula is C13H20N4O2S. The highest BCUT2D eigenvalue weighted by molar-refractivity contribution is 7.80. The largest absolute Gasteiger partial charge is 0.389 e. The van der Waals surface area contributed by atoms with Crippen molar-refractivity contribution in [2.75, 3.05) is 25.6 Å². The average Bonchev–Trinajstić information content (AvgIpc) is 2.38. The van der Waals surface area contributed by atoms with Gasteiger partial charge in [0.25, 0.3) is 0 Å². The van der Waals surface area contributed by atoms with Crippen LogP contribution in [-0.2, 0) is 9.53 Å². The Balaban J connectivity index is 2.75. The van der Waals surface area contributed by atoms with Gasteiger partial charge in [0.1, 0.15) is 16.8 Å². The number of amides is 1. The molecule has 1 atom stereocenters. The Morgan fingerprint density at radius 2 is 2.30 bits per heavy atom. The van der Waals surface area contributed by atoms with Crippen LogP contribution in [0.3, 0.4) is 0 Å². The lowest BCUT2D eigenvalue weighted by Gasteiger charge is -2.17. The minimum Gasteiger partial charge on any atom is -0.389 e. The Morgan fingerprint density at radius 3 is 2.90 bits per heavy atom. The lowest BCUT2D eigenvalue weighted by Crippen LogP contribution is -2.39. The van der Waals surface area contributed by atoms with Crippen LogP contribution in [0, 0.1) is 6.92 Å². The number of carbonyl (C=O) groups excluding carboxylic acids is 1. The third-order valence-electron chi connectivity index (χ3n) is 2.76. The number of rotatable bonds is 7. The monoisotopic (exact) mass is 296 g/mol. The predicted molar refractivity (Wildman–Crippen MR) is 82.8 cm³/mol. The zero-order chi connectivity index (χ0) is 15.1. The van der Waals surface area contributed by atoms with Gasteiger partial charge in [-0.25, -0.2) is 4.98 Å². The maximum atomic E-state index is 11.9. The Hall–Kier alpha value is -1.73. The number of nitrogens with one attached hydrogen (secondary N) is 2. The van der Waals surface area contributed by atoms with Crippen LogP contribution in [0.1, 0.15) is 18.1 Å². The van der Waals surface area contributed by atoms with Gasteiger partial charge in [-0.2, -0.15) is 0 Å². The summed E-state index contributed by atoms with van der Waals surface area (Å²) in [6.45, 7) is 4.57. The van der Waals surface area contributed by atoms with Gasteiger partial charge in [-0.3, -0.25) is 4.79 Å². The lowest BCUT2D eigenvalue weighted by atomic mass is 10.1. The molecule has 6 nitrogen and oxygen atoms in total. The average molecular weight is 296 g/mol. The summed E-state index contributed by atoms with van der Waals surface area (Å²) in [7, 11) is 1.58. The summed E-state index contributed by atoms with van der Waals surface area (Å²) >= 11 is 5.02. The third kappa shape index (κ3) is 4.43. The van der Waals surface area contributed by atoms with E-state index in [0.717, 1.165) is 5.56 Å². The van der Waals surface area contributed by atoms with E-state index in [1.165, 1.54) is 0 Å². The molecule has 1 aromatic heterocycles. The molecule has 1 amide bonds. The fourth-order valence-corrected chi connectivity index (χ4v) is 1.94. The van der Waals surface area contributed by atoms with Crippen molar-refractivity contribution in [3.8, 4) is 0 Å². The van der Waals surface area contributed by atoms with Crippen LogP contribution in [0.5, 0.6) is 0 Å². The highest BCUT2D eigenvalue weighted by Crippen LogP contribution is 2.17. The molecule has 0 spiro atoms. The van der Waals surface area contributed by atoms with Gasteiger partial charge >= 0.3 is 0 Å². The fourth-order valence-electron chi connectivity index (χ4n) is 1.68. The van der Waals surface area contributed by atoms with Crippen LogP contribution in [0.25, 0.3) is 0 Å². The predicted octanol–water partition coefficient (Wildman–Crippen LogP) is 0.587. The number of hydrogen-bond donors (Lipinski definition) is 3. The molecular weight excluding hydrogens is 276 g/mol. The van der Waals surface area contributed by atoms with E-state index in [4.69, 9.17) is 22.7 Å². The van der Waals surface area contributed by atoms with E-state index in [0.29, 0.717) is 24.5 Å². The van der Waals surface area contributed by atoms with E-state index in [1.54, 1.807) is 20.2 Å². The molecule has 0 saturated carbocycles. The molecule has 0 fully saturated rings. The molecule has 1 rings (SSSR count). The van der Waals surface area contributed by atoms with Crippen molar-refractivity contribution in [2.45, 2.75) is 19.9 Å². The quantitative estimate of drug-likeness (QED) is 0.504. The number of hydrogen-bond acceptors (Lipinski definition) is 5. The van der Waals surface area contributed by atoms with Crippen LogP contribution in [0.15, 0.2) is 12.3 Å². The van der Waals surface area contributed by atoms with Gasteiger partial charge in [0.15, 0.2) is 0 Å². The zero-order valence-electron chi connectivity index (χ0n) is 11.9. The van der Waals surface area contributed by atoms with Gasteiger partial charge in [0.2, 0.25) is 5.91 Å². The van der Waals surface area contributed by atoms with E-state index in [2.05, 4.69) is 15.6 Å². The molecule has 0 aliphatic rings. The van der Waals surface area contributed by atoms with E-state index in [1.807, 2.05) is 13.0 Å². The molecule has 0 radical (unpaired) electrons.